The zero-order valence-electron chi connectivity index (χ0n) is 19.9. The Balaban J connectivity index is 1.90. The lowest BCUT2D eigenvalue weighted by Gasteiger charge is -2.22. The Kier molecular flexibility index (Phi) is 9.54. The fourth-order valence-corrected chi connectivity index (χ4v) is 6.35. The Morgan fingerprint density at radius 2 is 1.64 bits per heavy atom. The molecule has 0 atom stereocenters. The van der Waals surface area contributed by atoms with Gasteiger partial charge < -0.3 is 4.90 Å². The van der Waals surface area contributed by atoms with E-state index in [2.05, 4.69) is 20.9 Å². The molecule has 0 aliphatic heterocycles. The van der Waals surface area contributed by atoms with E-state index in [4.69, 9.17) is 10.5 Å². The van der Waals surface area contributed by atoms with Crippen LogP contribution >= 0.6 is 27.3 Å². The second kappa shape index (κ2) is 12.4. The van der Waals surface area contributed by atoms with E-state index < -0.39 is 10.0 Å². The third-order valence-corrected chi connectivity index (χ3v) is 8.72. The third kappa shape index (κ3) is 6.66. The van der Waals surface area contributed by atoms with Crippen molar-refractivity contribution >= 4 is 58.5 Å². The molecule has 188 valence electrons. The maximum atomic E-state index is 13.5. The van der Waals surface area contributed by atoms with Gasteiger partial charge in [-0.05, 0) is 56.6 Å². The standard InChI is InChI=1S/C24H25BrN6O3S2/c1-29(2)15-16-31(24-28-21-10-7-19(25)17-22(21)35-24)23(32)18-5-8-20(9-6-18)36(33,34)30(13-3-11-26)14-4-12-27/h5-10,17H,3-4,13-16H2,1-2H3. The first-order chi connectivity index (χ1) is 17.2. The summed E-state index contributed by atoms with van der Waals surface area (Å²) in [5.41, 5.74) is 1.12. The molecule has 0 spiro atoms. The molecule has 36 heavy (non-hydrogen) atoms. The number of amides is 1. The predicted octanol–water partition coefficient (Wildman–Crippen LogP) is 4.09. The number of hydrogen-bond donors (Lipinski definition) is 0. The van der Waals surface area contributed by atoms with E-state index in [0.29, 0.717) is 23.8 Å². The lowest BCUT2D eigenvalue weighted by molar-refractivity contribution is 0.0985. The zero-order chi connectivity index (χ0) is 26.3. The molecule has 12 heteroatoms. The fourth-order valence-electron chi connectivity index (χ4n) is 3.36. The first kappa shape index (κ1) is 27.7. The largest absolute Gasteiger partial charge is 0.308 e. The number of hydrogen-bond acceptors (Lipinski definition) is 8. The molecule has 3 aromatic rings. The van der Waals surface area contributed by atoms with Gasteiger partial charge in [0.25, 0.3) is 5.91 Å². The van der Waals surface area contributed by atoms with Gasteiger partial charge in [-0.15, -0.1) is 0 Å². The maximum Gasteiger partial charge on any atom is 0.260 e. The topological polar surface area (TPSA) is 121 Å². The van der Waals surface area contributed by atoms with Crippen LogP contribution in [0.3, 0.4) is 0 Å². The van der Waals surface area contributed by atoms with Crippen molar-refractivity contribution in [2.45, 2.75) is 17.7 Å². The van der Waals surface area contributed by atoms with Gasteiger partial charge in [-0.25, -0.2) is 13.4 Å². The molecular weight excluding hydrogens is 564 g/mol. The number of nitriles is 2. The highest BCUT2D eigenvalue weighted by atomic mass is 79.9. The Hall–Kier alpha value is -2.87. The molecule has 2 aromatic carbocycles. The minimum Gasteiger partial charge on any atom is -0.308 e. The van der Waals surface area contributed by atoms with E-state index in [1.807, 2.05) is 49.3 Å². The lowest BCUT2D eigenvalue weighted by atomic mass is 10.2. The number of likely N-dealkylation sites (N-methyl/N-ethyl adjacent to an activating group) is 1. The summed E-state index contributed by atoms with van der Waals surface area (Å²) in [7, 11) is -0.0809. The quantitative estimate of drug-likeness (QED) is 0.330. The number of sulfonamides is 1. The molecule has 1 aromatic heterocycles. The van der Waals surface area contributed by atoms with Crippen LogP contribution < -0.4 is 4.90 Å². The number of anilines is 1. The molecule has 0 fully saturated rings. The minimum atomic E-state index is -3.92. The normalized spacial score (nSPS) is 11.5. The number of nitrogens with zero attached hydrogens (tertiary/aromatic N) is 6. The van der Waals surface area contributed by atoms with Crippen LogP contribution in [0.25, 0.3) is 10.2 Å². The Morgan fingerprint density at radius 3 is 2.22 bits per heavy atom. The Morgan fingerprint density at radius 1 is 1.00 bits per heavy atom. The molecule has 0 radical (unpaired) electrons. The summed E-state index contributed by atoms with van der Waals surface area (Å²) in [5, 5.41) is 18.3. The van der Waals surface area contributed by atoms with Crippen molar-refractivity contribution in [3.05, 3.63) is 52.5 Å². The highest BCUT2D eigenvalue weighted by Gasteiger charge is 2.26. The second-order valence-electron chi connectivity index (χ2n) is 8.11. The van der Waals surface area contributed by atoms with E-state index in [-0.39, 0.29) is 36.7 Å². The number of benzene rings is 2. The molecule has 0 unspecified atom stereocenters. The highest BCUT2D eigenvalue weighted by molar-refractivity contribution is 9.10. The number of aromatic nitrogens is 1. The van der Waals surface area contributed by atoms with Crippen LogP contribution in [0, 0.1) is 22.7 Å². The van der Waals surface area contributed by atoms with E-state index >= 15 is 0 Å². The van der Waals surface area contributed by atoms with Crippen molar-refractivity contribution in [1.82, 2.24) is 14.2 Å². The minimum absolute atomic E-state index is 0.000363. The molecule has 0 aliphatic carbocycles. The van der Waals surface area contributed by atoms with Gasteiger partial charge >= 0.3 is 0 Å². The molecular formula is C24H25BrN6O3S2. The van der Waals surface area contributed by atoms with Gasteiger partial charge in [0.1, 0.15) is 0 Å². The summed E-state index contributed by atoms with van der Waals surface area (Å²) in [6, 6.07) is 15.3. The fraction of sp³-hybridized carbons (Fsp3) is 0.333. The van der Waals surface area contributed by atoms with Crippen molar-refractivity contribution < 1.29 is 13.2 Å². The number of carbonyl (C=O) groups is 1. The molecule has 0 saturated carbocycles. The first-order valence-electron chi connectivity index (χ1n) is 11.0. The zero-order valence-corrected chi connectivity index (χ0v) is 23.1. The number of fused-ring (bicyclic) bond motifs is 1. The van der Waals surface area contributed by atoms with Crippen molar-refractivity contribution in [2.75, 3.05) is 45.2 Å². The predicted molar refractivity (Wildman–Crippen MR) is 143 cm³/mol. The van der Waals surface area contributed by atoms with Crippen LogP contribution in [0.5, 0.6) is 0 Å². The molecule has 1 amide bonds. The smallest absolute Gasteiger partial charge is 0.260 e. The highest BCUT2D eigenvalue weighted by Crippen LogP contribution is 2.31. The van der Waals surface area contributed by atoms with E-state index in [9.17, 15) is 13.2 Å². The lowest BCUT2D eigenvalue weighted by Crippen LogP contribution is -2.36. The molecule has 0 bridgehead atoms. The van der Waals surface area contributed by atoms with Crippen LogP contribution in [-0.2, 0) is 10.0 Å². The van der Waals surface area contributed by atoms with Gasteiger partial charge in [-0.2, -0.15) is 14.8 Å². The number of halogens is 1. The SMILES string of the molecule is CN(C)CCN(C(=O)c1ccc(S(=O)(=O)N(CCC#N)CCC#N)cc1)c1nc2ccc(Br)cc2s1. The number of carbonyl (C=O) groups excluding carboxylic acids is 1. The average molecular weight is 590 g/mol. The van der Waals surface area contributed by atoms with Gasteiger partial charge in [-0.1, -0.05) is 27.3 Å². The molecule has 0 N–H and O–H groups in total. The van der Waals surface area contributed by atoms with E-state index in [1.165, 1.54) is 35.6 Å². The van der Waals surface area contributed by atoms with Gasteiger partial charge in [0, 0.05) is 49.1 Å². The Labute approximate surface area is 223 Å². The molecule has 1 heterocycles. The average Bonchev–Trinajstić information content (AvgIpc) is 3.26. The summed E-state index contributed by atoms with van der Waals surface area (Å²) >= 11 is 4.87. The molecule has 9 nitrogen and oxygen atoms in total. The Bertz CT molecular complexity index is 1390. The van der Waals surface area contributed by atoms with Crippen LogP contribution in [0.15, 0.2) is 51.8 Å². The van der Waals surface area contributed by atoms with Gasteiger partial charge in [-0.3, -0.25) is 9.69 Å². The monoisotopic (exact) mass is 588 g/mol. The van der Waals surface area contributed by atoms with Gasteiger partial charge in [0.05, 0.1) is 27.3 Å². The van der Waals surface area contributed by atoms with Crippen molar-refractivity contribution in [3.63, 3.8) is 0 Å². The summed E-state index contributed by atoms with van der Waals surface area (Å²) in [4.78, 5) is 21.7. The maximum absolute atomic E-state index is 13.5. The van der Waals surface area contributed by atoms with Crippen LogP contribution in [0.2, 0.25) is 0 Å². The van der Waals surface area contributed by atoms with Crippen molar-refractivity contribution in [1.29, 1.82) is 10.5 Å². The molecule has 3 rings (SSSR count). The summed E-state index contributed by atoms with van der Waals surface area (Å²) in [6.07, 6.45) is 0.0294. The van der Waals surface area contributed by atoms with Crippen molar-refractivity contribution in [2.24, 2.45) is 0 Å². The van der Waals surface area contributed by atoms with E-state index in [0.717, 1.165) is 19.0 Å². The molecule has 0 saturated heterocycles. The number of rotatable bonds is 11. The summed E-state index contributed by atoms with van der Waals surface area (Å²) in [5.74, 6) is -0.287. The van der Waals surface area contributed by atoms with Crippen LogP contribution in [0.4, 0.5) is 5.13 Å². The second-order valence-corrected chi connectivity index (χ2v) is 12.0. The molecule has 0 aliphatic rings. The third-order valence-electron chi connectivity index (χ3n) is 5.27. The first-order valence-corrected chi connectivity index (χ1v) is 14.1. The van der Waals surface area contributed by atoms with Gasteiger partial charge in [0.2, 0.25) is 10.0 Å². The van der Waals surface area contributed by atoms with Crippen LogP contribution in [0.1, 0.15) is 23.2 Å². The van der Waals surface area contributed by atoms with E-state index in [1.54, 1.807) is 4.90 Å². The summed E-state index contributed by atoms with van der Waals surface area (Å²) < 4.78 is 29.1. The van der Waals surface area contributed by atoms with Gasteiger partial charge in [0.15, 0.2) is 5.13 Å². The number of thiazole rings is 1. The van der Waals surface area contributed by atoms with Crippen LogP contribution in [-0.4, -0.2) is 68.8 Å². The van der Waals surface area contributed by atoms with Crippen molar-refractivity contribution in [3.8, 4) is 12.1 Å². The summed E-state index contributed by atoms with van der Waals surface area (Å²) in [6.45, 7) is 1.01.